The van der Waals surface area contributed by atoms with E-state index < -0.39 is 0 Å². The lowest BCUT2D eigenvalue weighted by atomic mass is 10.1. The maximum atomic E-state index is 10.8. The van der Waals surface area contributed by atoms with Crippen molar-refractivity contribution in [2.45, 2.75) is 12.8 Å². The summed E-state index contributed by atoms with van der Waals surface area (Å²) in [7, 11) is 0. The Morgan fingerprint density at radius 3 is 2.84 bits per heavy atom. The summed E-state index contributed by atoms with van der Waals surface area (Å²) in [5.74, 6) is 0. The molecule has 0 saturated carbocycles. The van der Waals surface area contributed by atoms with Crippen LogP contribution in [-0.2, 0) is 11.2 Å². The summed E-state index contributed by atoms with van der Waals surface area (Å²) in [6, 6.07) is 6.83. The molecule has 0 aromatic heterocycles. The van der Waals surface area contributed by atoms with Crippen LogP contribution in [0.5, 0.6) is 0 Å². The molecule has 0 saturated heterocycles. The van der Waals surface area contributed by atoms with E-state index >= 15 is 0 Å². The van der Waals surface area contributed by atoms with Gasteiger partial charge in [0.1, 0.15) is 0 Å². The highest BCUT2D eigenvalue weighted by Gasteiger charge is 2.10. The predicted octanol–water partition coefficient (Wildman–Crippen LogP) is 2.32. The van der Waals surface area contributed by atoms with Crippen LogP contribution in [0.1, 0.15) is 12.0 Å². The molecule has 0 atom stereocenters. The second-order valence-electron chi connectivity index (χ2n) is 4.08. The molecule has 0 bridgehead atoms. The van der Waals surface area contributed by atoms with Gasteiger partial charge in [0, 0.05) is 18.2 Å². The van der Waals surface area contributed by atoms with E-state index in [9.17, 15) is 10.1 Å². The van der Waals surface area contributed by atoms with E-state index in [1.807, 2.05) is 12.1 Å². The molecule has 1 rings (SSSR count). The molecular formula is C14H20N2O3. The maximum Gasteiger partial charge on any atom is 0.272 e. The summed E-state index contributed by atoms with van der Waals surface area (Å²) in [6.07, 6.45) is 3.32. The molecule has 1 aromatic rings. The van der Waals surface area contributed by atoms with Gasteiger partial charge in [0.05, 0.1) is 18.1 Å². The highest BCUT2D eigenvalue weighted by atomic mass is 16.6. The van der Waals surface area contributed by atoms with Gasteiger partial charge in [-0.15, -0.1) is 6.58 Å². The largest absolute Gasteiger partial charge is 0.380 e. The summed E-state index contributed by atoms with van der Waals surface area (Å²) < 4.78 is 5.35. The van der Waals surface area contributed by atoms with Crippen molar-refractivity contribution in [1.82, 2.24) is 5.32 Å². The number of ether oxygens (including phenoxy) is 1. The molecule has 5 nitrogen and oxygen atoms in total. The van der Waals surface area contributed by atoms with Crippen molar-refractivity contribution in [2.24, 2.45) is 0 Å². The van der Waals surface area contributed by atoms with Crippen LogP contribution in [0.3, 0.4) is 0 Å². The van der Waals surface area contributed by atoms with Crippen molar-refractivity contribution in [1.29, 1.82) is 0 Å². The number of nitrogens with one attached hydrogen (secondary N) is 1. The topological polar surface area (TPSA) is 64.4 Å². The molecule has 0 aliphatic rings. The summed E-state index contributed by atoms with van der Waals surface area (Å²) in [6.45, 7) is 6.40. The lowest BCUT2D eigenvalue weighted by Gasteiger charge is -2.06. The highest BCUT2D eigenvalue weighted by Crippen LogP contribution is 2.17. The average Bonchev–Trinajstić information content (AvgIpc) is 2.42. The van der Waals surface area contributed by atoms with E-state index in [-0.39, 0.29) is 10.6 Å². The van der Waals surface area contributed by atoms with Gasteiger partial charge in [-0.1, -0.05) is 24.3 Å². The van der Waals surface area contributed by atoms with Gasteiger partial charge in [0.15, 0.2) is 0 Å². The average molecular weight is 264 g/mol. The van der Waals surface area contributed by atoms with Crippen molar-refractivity contribution in [3.05, 3.63) is 52.6 Å². The van der Waals surface area contributed by atoms with Gasteiger partial charge in [-0.2, -0.15) is 0 Å². The first-order valence-electron chi connectivity index (χ1n) is 6.37. The fraction of sp³-hybridized carbons (Fsp3) is 0.429. The molecule has 0 aliphatic carbocycles. The number of para-hydroxylation sites is 1. The molecule has 0 radical (unpaired) electrons. The Labute approximate surface area is 113 Å². The van der Waals surface area contributed by atoms with Crippen LogP contribution in [0.2, 0.25) is 0 Å². The van der Waals surface area contributed by atoms with Crippen LogP contribution in [0.4, 0.5) is 5.69 Å². The fourth-order valence-corrected chi connectivity index (χ4v) is 1.66. The summed E-state index contributed by atoms with van der Waals surface area (Å²) in [5, 5.41) is 14.0. The van der Waals surface area contributed by atoms with E-state index in [4.69, 9.17) is 4.74 Å². The molecule has 1 N–H and O–H groups in total. The zero-order valence-corrected chi connectivity index (χ0v) is 11.0. The van der Waals surface area contributed by atoms with Crippen molar-refractivity contribution in [2.75, 3.05) is 26.3 Å². The number of hydrogen-bond acceptors (Lipinski definition) is 4. The Morgan fingerprint density at radius 1 is 1.32 bits per heavy atom. The number of nitrogens with zero attached hydrogens (tertiary/aromatic N) is 1. The molecule has 1 aromatic carbocycles. The standard InChI is InChI=1S/C14H20N2O3/c1-2-3-11-19-12-10-15-9-8-13-6-4-5-7-14(13)16(17)18/h2,4-7,15H,1,3,8-12H2. The normalized spacial score (nSPS) is 10.3. The zero-order valence-electron chi connectivity index (χ0n) is 11.0. The minimum Gasteiger partial charge on any atom is -0.380 e. The second-order valence-corrected chi connectivity index (χ2v) is 4.08. The Bertz CT molecular complexity index is 407. The monoisotopic (exact) mass is 264 g/mol. The van der Waals surface area contributed by atoms with Crippen LogP contribution < -0.4 is 5.32 Å². The van der Waals surface area contributed by atoms with Crippen LogP contribution in [0.25, 0.3) is 0 Å². The van der Waals surface area contributed by atoms with E-state index in [0.29, 0.717) is 26.2 Å². The van der Waals surface area contributed by atoms with E-state index in [1.165, 1.54) is 6.07 Å². The van der Waals surface area contributed by atoms with Crippen molar-refractivity contribution >= 4 is 5.69 Å². The van der Waals surface area contributed by atoms with Crippen LogP contribution in [0, 0.1) is 10.1 Å². The molecule has 19 heavy (non-hydrogen) atoms. The van der Waals surface area contributed by atoms with E-state index in [1.54, 1.807) is 12.1 Å². The molecule has 0 aliphatic heterocycles. The van der Waals surface area contributed by atoms with Gasteiger partial charge in [0.2, 0.25) is 0 Å². The van der Waals surface area contributed by atoms with Gasteiger partial charge in [0.25, 0.3) is 5.69 Å². The molecule has 5 heteroatoms. The third-order valence-corrected chi connectivity index (χ3v) is 2.65. The zero-order chi connectivity index (χ0) is 13.9. The highest BCUT2D eigenvalue weighted by molar-refractivity contribution is 5.39. The van der Waals surface area contributed by atoms with Gasteiger partial charge >= 0.3 is 0 Å². The van der Waals surface area contributed by atoms with Crippen molar-refractivity contribution < 1.29 is 9.66 Å². The number of hydrogen-bond donors (Lipinski definition) is 1. The van der Waals surface area contributed by atoms with Crippen molar-refractivity contribution in [3.63, 3.8) is 0 Å². The Hall–Kier alpha value is -1.72. The van der Waals surface area contributed by atoms with Gasteiger partial charge in [-0.3, -0.25) is 10.1 Å². The van der Waals surface area contributed by atoms with Gasteiger partial charge < -0.3 is 10.1 Å². The minimum atomic E-state index is -0.340. The fourth-order valence-electron chi connectivity index (χ4n) is 1.66. The predicted molar refractivity (Wildman–Crippen MR) is 75.3 cm³/mol. The molecule has 0 spiro atoms. The van der Waals surface area contributed by atoms with Crippen LogP contribution in [-0.4, -0.2) is 31.2 Å². The molecule has 0 heterocycles. The smallest absolute Gasteiger partial charge is 0.272 e. The Morgan fingerprint density at radius 2 is 2.11 bits per heavy atom. The molecule has 0 unspecified atom stereocenters. The minimum absolute atomic E-state index is 0.187. The van der Waals surface area contributed by atoms with Crippen molar-refractivity contribution in [3.8, 4) is 0 Å². The number of rotatable bonds is 10. The third-order valence-electron chi connectivity index (χ3n) is 2.65. The molecular weight excluding hydrogens is 244 g/mol. The quantitative estimate of drug-likeness (QED) is 0.305. The van der Waals surface area contributed by atoms with Gasteiger partial charge in [-0.25, -0.2) is 0 Å². The number of nitro groups is 1. The summed E-state index contributed by atoms with van der Waals surface area (Å²) >= 11 is 0. The maximum absolute atomic E-state index is 10.8. The lowest BCUT2D eigenvalue weighted by molar-refractivity contribution is -0.385. The first-order valence-corrected chi connectivity index (χ1v) is 6.37. The van der Waals surface area contributed by atoms with Crippen LogP contribution >= 0.6 is 0 Å². The lowest BCUT2D eigenvalue weighted by Crippen LogP contribution is -2.22. The molecule has 0 fully saturated rings. The molecule has 104 valence electrons. The number of nitro benzene ring substituents is 1. The van der Waals surface area contributed by atoms with E-state index in [0.717, 1.165) is 18.5 Å². The Balaban J connectivity index is 2.19. The second kappa shape index (κ2) is 9.24. The first kappa shape index (κ1) is 15.3. The summed E-state index contributed by atoms with van der Waals surface area (Å²) in [4.78, 5) is 10.5. The van der Waals surface area contributed by atoms with Gasteiger partial charge in [-0.05, 0) is 19.4 Å². The van der Waals surface area contributed by atoms with Crippen LogP contribution in [0.15, 0.2) is 36.9 Å². The number of benzene rings is 1. The molecule has 0 amide bonds. The summed E-state index contributed by atoms with van der Waals surface area (Å²) in [5.41, 5.74) is 0.944. The third kappa shape index (κ3) is 6.13. The Kier molecular flexibility index (Phi) is 7.46. The van der Waals surface area contributed by atoms with E-state index in [2.05, 4.69) is 11.9 Å². The SMILES string of the molecule is C=CCCOCCNCCc1ccccc1[N+](=O)[O-]. The first-order chi connectivity index (χ1) is 9.25.